The van der Waals surface area contributed by atoms with Gasteiger partial charge in [-0.2, -0.15) is 0 Å². The van der Waals surface area contributed by atoms with Gasteiger partial charge in [0.05, 0.1) is 13.0 Å². The SMILES string of the molecule is CCCCCCCOC(=O)CCNC(=O)C(C)C. The van der Waals surface area contributed by atoms with Crippen LogP contribution in [0.15, 0.2) is 0 Å². The maximum Gasteiger partial charge on any atom is 0.307 e. The summed E-state index contributed by atoms with van der Waals surface area (Å²) in [6.45, 7) is 6.69. The number of unbranched alkanes of at least 4 members (excludes halogenated alkanes) is 4. The first-order valence-corrected chi connectivity index (χ1v) is 7.01. The molecule has 0 rings (SSSR count). The molecule has 0 fully saturated rings. The molecule has 0 radical (unpaired) electrons. The summed E-state index contributed by atoms with van der Waals surface area (Å²) in [5.74, 6) is -0.295. The van der Waals surface area contributed by atoms with Gasteiger partial charge in [0.2, 0.25) is 5.91 Å². The van der Waals surface area contributed by atoms with E-state index in [2.05, 4.69) is 12.2 Å². The third-order valence-electron chi connectivity index (χ3n) is 2.66. The van der Waals surface area contributed by atoms with Crippen LogP contribution >= 0.6 is 0 Å². The van der Waals surface area contributed by atoms with Gasteiger partial charge in [-0.05, 0) is 6.42 Å². The largest absolute Gasteiger partial charge is 0.466 e. The second kappa shape index (κ2) is 11.1. The van der Waals surface area contributed by atoms with E-state index in [1.165, 1.54) is 19.3 Å². The lowest BCUT2D eigenvalue weighted by Crippen LogP contribution is -2.30. The zero-order chi connectivity index (χ0) is 13.8. The van der Waals surface area contributed by atoms with Gasteiger partial charge < -0.3 is 10.1 Å². The fourth-order valence-corrected chi connectivity index (χ4v) is 1.46. The lowest BCUT2D eigenvalue weighted by atomic mass is 10.2. The highest BCUT2D eigenvalue weighted by Crippen LogP contribution is 2.02. The molecule has 106 valence electrons. The van der Waals surface area contributed by atoms with E-state index in [1.54, 1.807) is 0 Å². The topological polar surface area (TPSA) is 55.4 Å². The molecule has 1 N–H and O–H groups in total. The van der Waals surface area contributed by atoms with Crippen LogP contribution in [0.25, 0.3) is 0 Å². The summed E-state index contributed by atoms with van der Waals surface area (Å²) in [6, 6.07) is 0. The number of carbonyl (C=O) groups excluding carboxylic acids is 2. The molecule has 0 aromatic rings. The summed E-state index contributed by atoms with van der Waals surface area (Å²) in [7, 11) is 0. The van der Waals surface area contributed by atoms with Crippen LogP contribution in [0.2, 0.25) is 0 Å². The second-order valence-corrected chi connectivity index (χ2v) is 4.83. The van der Waals surface area contributed by atoms with Crippen LogP contribution in [0.5, 0.6) is 0 Å². The lowest BCUT2D eigenvalue weighted by Gasteiger charge is -2.07. The number of nitrogens with one attached hydrogen (secondary N) is 1. The highest BCUT2D eigenvalue weighted by molar-refractivity contribution is 5.78. The van der Waals surface area contributed by atoms with Crippen molar-refractivity contribution in [3.63, 3.8) is 0 Å². The molecule has 0 saturated heterocycles. The highest BCUT2D eigenvalue weighted by Gasteiger charge is 2.07. The van der Waals surface area contributed by atoms with Crippen molar-refractivity contribution >= 4 is 11.9 Å². The number of hydrogen-bond donors (Lipinski definition) is 1. The predicted molar refractivity (Wildman–Crippen MR) is 72.2 cm³/mol. The molecule has 18 heavy (non-hydrogen) atoms. The fourth-order valence-electron chi connectivity index (χ4n) is 1.46. The molecular weight excluding hydrogens is 230 g/mol. The fraction of sp³-hybridized carbons (Fsp3) is 0.857. The molecule has 0 atom stereocenters. The summed E-state index contributed by atoms with van der Waals surface area (Å²) in [6.07, 6.45) is 5.98. The van der Waals surface area contributed by atoms with Crippen LogP contribution in [0.4, 0.5) is 0 Å². The van der Waals surface area contributed by atoms with Gasteiger partial charge in [-0.3, -0.25) is 9.59 Å². The third-order valence-corrected chi connectivity index (χ3v) is 2.66. The van der Waals surface area contributed by atoms with Gasteiger partial charge in [-0.15, -0.1) is 0 Å². The molecular formula is C14H27NO3. The van der Waals surface area contributed by atoms with E-state index in [0.29, 0.717) is 13.2 Å². The minimum atomic E-state index is -0.227. The molecule has 4 heteroatoms. The van der Waals surface area contributed by atoms with Crippen molar-refractivity contribution in [1.29, 1.82) is 0 Å². The van der Waals surface area contributed by atoms with E-state index < -0.39 is 0 Å². The Balaban J connectivity index is 3.35. The van der Waals surface area contributed by atoms with Crippen molar-refractivity contribution in [2.75, 3.05) is 13.2 Å². The van der Waals surface area contributed by atoms with Crippen LogP contribution in [-0.2, 0) is 14.3 Å². The molecule has 0 aliphatic heterocycles. The number of amides is 1. The standard InChI is InChI=1S/C14H27NO3/c1-4-5-6-7-8-11-18-13(16)9-10-15-14(17)12(2)3/h12H,4-11H2,1-3H3,(H,15,17). The minimum absolute atomic E-state index is 0.0256. The quantitative estimate of drug-likeness (QED) is 0.483. The monoisotopic (exact) mass is 257 g/mol. The van der Waals surface area contributed by atoms with Crippen LogP contribution in [0.3, 0.4) is 0 Å². The summed E-state index contributed by atoms with van der Waals surface area (Å²) < 4.78 is 5.07. The Hall–Kier alpha value is -1.06. The van der Waals surface area contributed by atoms with Gasteiger partial charge in [0.1, 0.15) is 0 Å². The van der Waals surface area contributed by atoms with Crippen LogP contribution < -0.4 is 5.32 Å². The summed E-state index contributed by atoms with van der Waals surface area (Å²) >= 11 is 0. The van der Waals surface area contributed by atoms with Crippen molar-refractivity contribution in [3.05, 3.63) is 0 Å². The maximum atomic E-state index is 11.3. The Kier molecular flexibility index (Phi) is 10.4. The third kappa shape index (κ3) is 10.1. The van der Waals surface area contributed by atoms with Gasteiger partial charge in [-0.1, -0.05) is 46.5 Å². The number of carbonyl (C=O) groups is 2. The Bertz CT molecular complexity index is 239. The summed E-state index contributed by atoms with van der Waals surface area (Å²) in [5, 5.41) is 2.69. The van der Waals surface area contributed by atoms with Crippen LogP contribution in [-0.4, -0.2) is 25.0 Å². The molecule has 0 saturated carbocycles. The molecule has 0 aromatic carbocycles. The van der Waals surface area contributed by atoms with Gasteiger partial charge >= 0.3 is 5.97 Å². The van der Waals surface area contributed by atoms with Crippen molar-refractivity contribution in [1.82, 2.24) is 5.32 Å². The second-order valence-electron chi connectivity index (χ2n) is 4.83. The molecule has 1 amide bonds. The molecule has 4 nitrogen and oxygen atoms in total. The predicted octanol–water partition coefficient (Wildman–Crippen LogP) is 2.66. The Labute approximate surface area is 110 Å². The van der Waals surface area contributed by atoms with Crippen LogP contribution in [0.1, 0.15) is 59.3 Å². The highest BCUT2D eigenvalue weighted by atomic mass is 16.5. The van der Waals surface area contributed by atoms with Gasteiger partial charge in [0, 0.05) is 12.5 Å². The van der Waals surface area contributed by atoms with E-state index in [9.17, 15) is 9.59 Å². The Morgan fingerprint density at radius 1 is 1.11 bits per heavy atom. The van der Waals surface area contributed by atoms with Crippen molar-refractivity contribution < 1.29 is 14.3 Å². The van der Waals surface area contributed by atoms with Gasteiger partial charge in [0.15, 0.2) is 0 Å². The normalized spacial score (nSPS) is 10.4. The average Bonchev–Trinajstić information content (AvgIpc) is 2.33. The lowest BCUT2D eigenvalue weighted by molar-refractivity contribution is -0.143. The Morgan fingerprint density at radius 3 is 2.39 bits per heavy atom. The van der Waals surface area contributed by atoms with Crippen LogP contribution in [0, 0.1) is 5.92 Å². The first-order valence-electron chi connectivity index (χ1n) is 7.01. The molecule has 0 spiro atoms. The zero-order valence-corrected chi connectivity index (χ0v) is 12.0. The summed E-state index contributed by atoms with van der Waals surface area (Å²) in [4.78, 5) is 22.5. The van der Waals surface area contributed by atoms with Crippen molar-refractivity contribution in [3.8, 4) is 0 Å². The van der Waals surface area contributed by atoms with E-state index in [-0.39, 0.29) is 24.2 Å². The van der Waals surface area contributed by atoms with Gasteiger partial charge in [-0.25, -0.2) is 0 Å². The van der Waals surface area contributed by atoms with E-state index in [1.807, 2.05) is 13.8 Å². The molecule has 0 unspecified atom stereocenters. The van der Waals surface area contributed by atoms with Crippen molar-refractivity contribution in [2.45, 2.75) is 59.3 Å². The minimum Gasteiger partial charge on any atom is -0.466 e. The van der Waals surface area contributed by atoms with E-state index >= 15 is 0 Å². The van der Waals surface area contributed by atoms with Gasteiger partial charge in [0.25, 0.3) is 0 Å². The molecule has 0 bridgehead atoms. The number of rotatable bonds is 10. The first-order chi connectivity index (χ1) is 8.57. The maximum absolute atomic E-state index is 11.3. The molecule has 0 aromatic heterocycles. The number of hydrogen-bond acceptors (Lipinski definition) is 3. The average molecular weight is 257 g/mol. The van der Waals surface area contributed by atoms with E-state index in [4.69, 9.17) is 4.74 Å². The first kappa shape index (κ1) is 16.9. The molecule has 0 aliphatic carbocycles. The van der Waals surface area contributed by atoms with Crippen molar-refractivity contribution in [2.24, 2.45) is 5.92 Å². The number of esters is 1. The summed E-state index contributed by atoms with van der Waals surface area (Å²) in [5.41, 5.74) is 0. The smallest absolute Gasteiger partial charge is 0.307 e. The Morgan fingerprint density at radius 2 is 1.78 bits per heavy atom. The van der Waals surface area contributed by atoms with E-state index in [0.717, 1.165) is 12.8 Å². The molecule has 0 aliphatic rings. The molecule has 0 heterocycles. The zero-order valence-electron chi connectivity index (χ0n) is 12.0. The number of ether oxygens (including phenoxy) is 1.